The van der Waals surface area contributed by atoms with Crippen LogP contribution >= 0.6 is 22.6 Å². The maximum absolute atomic E-state index is 4.35. The molecule has 1 aromatic rings. The molecule has 0 bridgehead atoms. The summed E-state index contributed by atoms with van der Waals surface area (Å²) in [5.41, 5.74) is 1.43. The zero-order valence-corrected chi connectivity index (χ0v) is 10.3. The molecule has 0 radical (unpaired) electrons. The van der Waals surface area contributed by atoms with Crippen LogP contribution < -0.4 is 0 Å². The van der Waals surface area contributed by atoms with Gasteiger partial charge in [-0.05, 0) is 34.2 Å². The van der Waals surface area contributed by atoms with Gasteiger partial charge in [0.2, 0.25) is 0 Å². The van der Waals surface area contributed by atoms with Crippen molar-refractivity contribution in [2.24, 2.45) is 4.99 Å². The van der Waals surface area contributed by atoms with Crippen LogP contribution in [0.3, 0.4) is 0 Å². The van der Waals surface area contributed by atoms with E-state index in [2.05, 4.69) is 63.8 Å². The van der Waals surface area contributed by atoms with Gasteiger partial charge in [-0.1, -0.05) is 18.2 Å². The van der Waals surface area contributed by atoms with Gasteiger partial charge in [0.1, 0.15) is 0 Å². The number of nitrogens with zero attached hydrogens (tertiary/aromatic N) is 2. The van der Waals surface area contributed by atoms with Crippen molar-refractivity contribution < 1.29 is 0 Å². The second-order valence-electron chi connectivity index (χ2n) is 3.64. The Hall–Kier alpha value is -0.580. The van der Waals surface area contributed by atoms with E-state index in [1.807, 2.05) is 6.34 Å². The first-order valence-electron chi connectivity index (χ1n) is 4.72. The molecular formula is C11H13IN2. The number of hydrogen-bond acceptors (Lipinski definition) is 2. The van der Waals surface area contributed by atoms with E-state index in [0.717, 1.165) is 13.1 Å². The van der Waals surface area contributed by atoms with Crippen LogP contribution in [-0.4, -0.2) is 31.4 Å². The van der Waals surface area contributed by atoms with Gasteiger partial charge in [-0.15, -0.1) is 0 Å². The summed E-state index contributed by atoms with van der Waals surface area (Å²) in [7, 11) is 2.07. The number of aliphatic imine (C=N–C) groups is 1. The van der Waals surface area contributed by atoms with Crippen LogP contribution in [0.4, 0.5) is 0 Å². The number of halogens is 1. The van der Waals surface area contributed by atoms with Crippen LogP contribution in [0.15, 0.2) is 29.3 Å². The molecule has 0 saturated heterocycles. The van der Waals surface area contributed by atoms with E-state index in [4.69, 9.17) is 0 Å². The fraction of sp³-hybridized carbons (Fsp3) is 0.364. The van der Waals surface area contributed by atoms with Crippen LogP contribution in [0.5, 0.6) is 0 Å². The van der Waals surface area contributed by atoms with Crippen molar-refractivity contribution in [2.75, 3.05) is 20.1 Å². The van der Waals surface area contributed by atoms with Gasteiger partial charge in [0.25, 0.3) is 0 Å². The van der Waals surface area contributed by atoms with Crippen LogP contribution in [0.2, 0.25) is 0 Å². The third-order valence-electron chi connectivity index (χ3n) is 2.46. The first-order chi connectivity index (χ1) is 6.77. The highest BCUT2D eigenvalue weighted by atomic mass is 127. The lowest BCUT2D eigenvalue weighted by Gasteiger charge is -2.26. The summed E-state index contributed by atoms with van der Waals surface area (Å²) in [5, 5.41) is 0. The molecule has 0 amide bonds. The molecule has 74 valence electrons. The Balaban J connectivity index is 2.23. The molecule has 0 saturated carbocycles. The Morgan fingerprint density at radius 1 is 1.43 bits per heavy atom. The summed E-state index contributed by atoms with van der Waals surface area (Å²) in [6, 6.07) is 8.56. The van der Waals surface area contributed by atoms with Crippen LogP contribution in [0.25, 0.3) is 0 Å². The lowest BCUT2D eigenvalue weighted by molar-refractivity contribution is 0.439. The predicted molar refractivity (Wildman–Crippen MR) is 67.9 cm³/mol. The summed E-state index contributed by atoms with van der Waals surface area (Å²) in [5.74, 6) is 0.554. The molecule has 3 heteroatoms. The standard InChI is InChI=1S/C11H13IN2/c1-14-7-9(6-13-8-14)10-4-2-3-5-11(10)12/h2-5,8-9H,6-7H2,1H3. The molecule has 1 aliphatic rings. The first-order valence-corrected chi connectivity index (χ1v) is 5.80. The molecule has 2 rings (SSSR count). The quantitative estimate of drug-likeness (QED) is 0.727. The molecule has 1 aliphatic heterocycles. The van der Waals surface area contributed by atoms with Crippen molar-refractivity contribution in [2.45, 2.75) is 5.92 Å². The largest absolute Gasteiger partial charge is 0.365 e. The summed E-state index contributed by atoms with van der Waals surface area (Å²) in [4.78, 5) is 6.50. The van der Waals surface area contributed by atoms with Gasteiger partial charge in [0.05, 0.1) is 6.34 Å². The van der Waals surface area contributed by atoms with Crippen LogP contribution in [0, 0.1) is 3.57 Å². The molecule has 1 unspecified atom stereocenters. The van der Waals surface area contributed by atoms with Gasteiger partial charge >= 0.3 is 0 Å². The van der Waals surface area contributed by atoms with Crippen molar-refractivity contribution in [3.05, 3.63) is 33.4 Å². The highest BCUT2D eigenvalue weighted by Gasteiger charge is 2.17. The van der Waals surface area contributed by atoms with E-state index in [-0.39, 0.29) is 0 Å². The fourth-order valence-corrected chi connectivity index (χ4v) is 2.60. The topological polar surface area (TPSA) is 15.6 Å². The van der Waals surface area contributed by atoms with Gasteiger partial charge in [0.15, 0.2) is 0 Å². The average molecular weight is 300 g/mol. The third-order valence-corrected chi connectivity index (χ3v) is 3.44. The number of benzene rings is 1. The summed E-state index contributed by atoms with van der Waals surface area (Å²) < 4.78 is 1.35. The third kappa shape index (κ3) is 2.08. The number of likely N-dealkylation sites (N-methyl/N-ethyl adjacent to an activating group) is 1. The molecule has 14 heavy (non-hydrogen) atoms. The van der Waals surface area contributed by atoms with Crippen LogP contribution in [-0.2, 0) is 0 Å². The number of rotatable bonds is 1. The first kappa shape index (κ1) is 9.96. The Kier molecular flexibility index (Phi) is 3.05. The highest BCUT2D eigenvalue weighted by Crippen LogP contribution is 2.24. The molecule has 0 aromatic heterocycles. The normalized spacial score (nSPS) is 21.3. The second-order valence-corrected chi connectivity index (χ2v) is 4.80. The molecule has 0 spiro atoms. The maximum Gasteiger partial charge on any atom is 0.0847 e. The smallest absolute Gasteiger partial charge is 0.0847 e. The monoisotopic (exact) mass is 300 g/mol. The van der Waals surface area contributed by atoms with E-state index in [0.29, 0.717) is 5.92 Å². The maximum atomic E-state index is 4.35. The predicted octanol–water partition coefficient (Wildman–Crippen LogP) is 2.35. The van der Waals surface area contributed by atoms with Crippen molar-refractivity contribution in [1.29, 1.82) is 0 Å². The van der Waals surface area contributed by atoms with Gasteiger partial charge in [-0.25, -0.2) is 0 Å². The second kappa shape index (κ2) is 4.29. The molecule has 0 fully saturated rings. The van der Waals surface area contributed by atoms with Crippen molar-refractivity contribution in [1.82, 2.24) is 4.90 Å². The van der Waals surface area contributed by atoms with Gasteiger partial charge in [-0.3, -0.25) is 4.99 Å². The summed E-state index contributed by atoms with van der Waals surface area (Å²) in [6.45, 7) is 1.99. The Morgan fingerprint density at radius 3 is 2.93 bits per heavy atom. The van der Waals surface area contributed by atoms with E-state index < -0.39 is 0 Å². The summed E-state index contributed by atoms with van der Waals surface area (Å²) >= 11 is 2.40. The lowest BCUT2D eigenvalue weighted by Crippen LogP contribution is -2.29. The van der Waals surface area contributed by atoms with Gasteiger partial charge in [-0.2, -0.15) is 0 Å². The van der Waals surface area contributed by atoms with Gasteiger partial charge < -0.3 is 4.90 Å². The van der Waals surface area contributed by atoms with Crippen LogP contribution in [0.1, 0.15) is 11.5 Å². The molecule has 2 nitrogen and oxygen atoms in total. The average Bonchev–Trinajstić information content (AvgIpc) is 2.18. The van der Waals surface area contributed by atoms with Crippen molar-refractivity contribution in [3.8, 4) is 0 Å². The van der Waals surface area contributed by atoms with E-state index in [1.165, 1.54) is 9.13 Å². The fourth-order valence-electron chi connectivity index (χ4n) is 1.77. The molecule has 1 heterocycles. The Labute approximate surface area is 98.2 Å². The number of hydrogen-bond donors (Lipinski definition) is 0. The SMILES string of the molecule is CN1C=NCC(c2ccccc2I)C1. The Morgan fingerprint density at radius 2 is 2.21 bits per heavy atom. The zero-order chi connectivity index (χ0) is 9.97. The molecular weight excluding hydrogens is 287 g/mol. The molecule has 1 aromatic carbocycles. The van der Waals surface area contributed by atoms with Gasteiger partial charge in [0, 0.05) is 29.6 Å². The molecule has 0 aliphatic carbocycles. The van der Waals surface area contributed by atoms with Crippen molar-refractivity contribution >= 4 is 28.9 Å². The Bertz CT molecular complexity index is 349. The minimum atomic E-state index is 0.554. The molecule has 1 atom stereocenters. The molecule has 0 N–H and O–H groups in total. The highest BCUT2D eigenvalue weighted by molar-refractivity contribution is 14.1. The van der Waals surface area contributed by atoms with Crippen molar-refractivity contribution in [3.63, 3.8) is 0 Å². The van der Waals surface area contributed by atoms with E-state index in [1.54, 1.807) is 0 Å². The lowest BCUT2D eigenvalue weighted by atomic mass is 9.98. The van der Waals surface area contributed by atoms with E-state index >= 15 is 0 Å². The zero-order valence-electron chi connectivity index (χ0n) is 8.15. The minimum Gasteiger partial charge on any atom is -0.365 e. The van der Waals surface area contributed by atoms with E-state index in [9.17, 15) is 0 Å². The minimum absolute atomic E-state index is 0.554. The summed E-state index contributed by atoms with van der Waals surface area (Å²) in [6.07, 6.45) is 1.92.